The number of rotatable bonds is 6. The van der Waals surface area contributed by atoms with E-state index in [-0.39, 0.29) is 0 Å². The van der Waals surface area contributed by atoms with Crippen molar-refractivity contribution in [2.75, 3.05) is 13.7 Å². The van der Waals surface area contributed by atoms with Crippen LogP contribution in [0.1, 0.15) is 22.8 Å². The van der Waals surface area contributed by atoms with Crippen LogP contribution in [0.5, 0.6) is 11.5 Å². The van der Waals surface area contributed by atoms with Crippen LogP contribution >= 0.6 is 23.8 Å². The lowest BCUT2D eigenvalue weighted by molar-refractivity contribution is -0.500. The predicted molar refractivity (Wildman–Crippen MR) is 105 cm³/mol. The van der Waals surface area contributed by atoms with Crippen molar-refractivity contribution in [3.05, 3.63) is 58.6 Å². The van der Waals surface area contributed by atoms with E-state index in [1.54, 1.807) is 48.7 Å². The second kappa shape index (κ2) is 9.74. The van der Waals surface area contributed by atoms with Crippen molar-refractivity contribution in [2.24, 2.45) is 0 Å². The van der Waals surface area contributed by atoms with Crippen molar-refractivity contribution < 1.29 is 19.4 Å². The number of halogens is 1. The van der Waals surface area contributed by atoms with Gasteiger partial charge in [-0.1, -0.05) is 11.6 Å². The summed E-state index contributed by atoms with van der Waals surface area (Å²) >= 11 is 10.9. The zero-order valence-electron chi connectivity index (χ0n) is 14.3. The molecule has 0 unspecified atom stereocenters. The van der Waals surface area contributed by atoms with E-state index in [2.05, 4.69) is 15.8 Å². The number of carbonyl (C=O) groups is 1. The van der Waals surface area contributed by atoms with Gasteiger partial charge in [0.1, 0.15) is 0 Å². The van der Waals surface area contributed by atoms with E-state index in [9.17, 15) is 4.79 Å². The summed E-state index contributed by atoms with van der Waals surface area (Å²) in [5, 5.41) is 6.87. The van der Waals surface area contributed by atoms with E-state index in [1.807, 2.05) is 6.92 Å². The molecule has 26 heavy (non-hydrogen) atoms. The predicted octanol–water partition coefficient (Wildman–Crippen LogP) is 1.47. The highest BCUT2D eigenvalue weighted by molar-refractivity contribution is 7.80. The molecule has 6 nitrogen and oxygen atoms in total. The molecule has 0 spiro atoms. The number of thiocarbonyl (C=S) groups is 1. The molecule has 2 aromatic rings. The Morgan fingerprint density at radius 3 is 2.62 bits per heavy atom. The summed E-state index contributed by atoms with van der Waals surface area (Å²) < 4.78 is 10.7. The molecule has 2 rings (SSSR count). The van der Waals surface area contributed by atoms with Crippen molar-refractivity contribution in [1.29, 1.82) is 0 Å². The van der Waals surface area contributed by atoms with E-state index < -0.39 is 5.97 Å². The number of hydrogen-bond donors (Lipinski definition) is 3. The van der Waals surface area contributed by atoms with Gasteiger partial charge in [0.25, 0.3) is 0 Å². The zero-order valence-corrected chi connectivity index (χ0v) is 15.9. The number of methoxy groups -OCH3 is 1. The molecular formula is C18H19ClN3O3S+. The number of hydrazine groups is 1. The summed E-state index contributed by atoms with van der Waals surface area (Å²) in [4.78, 5) is 12.2. The molecule has 0 aliphatic carbocycles. The number of hydrazone groups is 1. The van der Waals surface area contributed by atoms with Crippen LogP contribution in [0.4, 0.5) is 0 Å². The van der Waals surface area contributed by atoms with Crippen molar-refractivity contribution in [3.63, 3.8) is 0 Å². The molecule has 0 aliphatic heterocycles. The number of esters is 1. The van der Waals surface area contributed by atoms with Crippen LogP contribution in [0.15, 0.2) is 42.5 Å². The van der Waals surface area contributed by atoms with E-state index in [1.165, 1.54) is 7.11 Å². The first kappa shape index (κ1) is 19.7. The van der Waals surface area contributed by atoms with Gasteiger partial charge in [0, 0.05) is 17.1 Å². The maximum absolute atomic E-state index is 12.2. The number of nitrogens with one attached hydrogen (secondary N) is 3. The van der Waals surface area contributed by atoms with Gasteiger partial charge < -0.3 is 14.8 Å². The van der Waals surface area contributed by atoms with Gasteiger partial charge in [-0.2, -0.15) is 0 Å². The lowest BCUT2D eigenvalue weighted by Gasteiger charge is -2.09. The summed E-state index contributed by atoms with van der Waals surface area (Å²) in [6.07, 6.45) is 1.71. The quantitative estimate of drug-likeness (QED) is 0.227. The molecule has 0 saturated heterocycles. The van der Waals surface area contributed by atoms with Gasteiger partial charge >= 0.3 is 5.97 Å². The number of ether oxygens (including phenoxy) is 2. The highest BCUT2D eigenvalue weighted by atomic mass is 35.5. The van der Waals surface area contributed by atoms with Crippen LogP contribution < -0.4 is 25.3 Å². The third-order valence-electron chi connectivity index (χ3n) is 3.23. The highest BCUT2D eigenvalue weighted by Crippen LogP contribution is 2.28. The number of hydrogen-bond acceptors (Lipinski definition) is 4. The Morgan fingerprint density at radius 1 is 1.23 bits per heavy atom. The van der Waals surface area contributed by atoms with Gasteiger partial charge in [0.15, 0.2) is 17.7 Å². The van der Waals surface area contributed by atoms with Crippen LogP contribution in [0.3, 0.4) is 0 Å². The lowest BCUT2D eigenvalue weighted by atomic mass is 10.2. The minimum absolute atomic E-state index is 0.320. The van der Waals surface area contributed by atoms with Gasteiger partial charge in [-0.25, -0.2) is 4.79 Å². The Kier molecular flexibility index (Phi) is 7.37. The van der Waals surface area contributed by atoms with Crippen LogP contribution in [-0.2, 0) is 0 Å². The average molecular weight is 393 g/mol. The molecule has 0 radical (unpaired) electrons. The van der Waals surface area contributed by atoms with E-state index in [0.717, 1.165) is 12.1 Å². The fraction of sp³-hybridized carbons (Fsp3) is 0.167. The fourth-order valence-corrected chi connectivity index (χ4v) is 2.32. The van der Waals surface area contributed by atoms with Gasteiger partial charge in [-0.15, -0.1) is 10.5 Å². The molecule has 8 heteroatoms. The fourth-order valence-electron chi connectivity index (χ4n) is 1.99. The standard InChI is InChI=1S/C18H18ClN3O3S/c1-3-20-18(26)22-21-11-12-4-9-15(16(10-12)24-2)25-17(23)13-5-7-14(19)8-6-13/h4-11H,3H2,1-2H3,(H2,20,22,26)/p+1. The Labute approximate surface area is 162 Å². The molecule has 0 heterocycles. The normalized spacial score (nSPS) is 10.4. The van der Waals surface area contributed by atoms with Crippen molar-refractivity contribution in [1.82, 2.24) is 10.7 Å². The van der Waals surface area contributed by atoms with Crippen molar-refractivity contribution in [2.45, 2.75) is 6.92 Å². The van der Waals surface area contributed by atoms with Crippen LogP contribution in [0.25, 0.3) is 0 Å². The molecule has 0 fully saturated rings. The van der Waals surface area contributed by atoms with Crippen LogP contribution in [0, 0.1) is 0 Å². The third kappa shape index (κ3) is 5.72. The van der Waals surface area contributed by atoms with Crippen LogP contribution in [-0.4, -0.2) is 31.0 Å². The van der Waals surface area contributed by atoms with E-state index >= 15 is 0 Å². The molecule has 3 N–H and O–H groups in total. The Hall–Kier alpha value is -2.64. The first-order valence-electron chi connectivity index (χ1n) is 7.82. The first-order chi connectivity index (χ1) is 12.5. The average Bonchev–Trinajstić information content (AvgIpc) is 2.63. The summed E-state index contributed by atoms with van der Waals surface area (Å²) in [7, 11) is 1.50. The number of benzene rings is 2. The summed E-state index contributed by atoms with van der Waals surface area (Å²) in [5.41, 5.74) is 4.02. The Balaban J connectivity index is 2.08. The SMILES string of the molecule is CCNC(=S)N[NH+]=Cc1ccc(OC(=O)c2ccc(Cl)cc2)c(OC)c1. The third-order valence-corrected chi connectivity index (χ3v) is 3.73. The van der Waals surface area contributed by atoms with Crippen molar-refractivity contribution >= 4 is 41.1 Å². The molecule has 2 aromatic carbocycles. The lowest BCUT2D eigenvalue weighted by Crippen LogP contribution is -2.82. The molecule has 0 amide bonds. The first-order valence-corrected chi connectivity index (χ1v) is 8.60. The van der Waals surface area contributed by atoms with Gasteiger partial charge in [0.05, 0.1) is 12.7 Å². The highest BCUT2D eigenvalue weighted by Gasteiger charge is 2.13. The van der Waals surface area contributed by atoms with Gasteiger partial charge in [0.2, 0.25) is 5.11 Å². The molecule has 0 atom stereocenters. The van der Waals surface area contributed by atoms with Crippen molar-refractivity contribution in [3.8, 4) is 11.5 Å². The minimum Gasteiger partial charge on any atom is -0.493 e. The van der Waals surface area contributed by atoms with E-state index in [0.29, 0.717) is 27.2 Å². The molecule has 0 aromatic heterocycles. The second-order valence-electron chi connectivity index (χ2n) is 5.08. The zero-order chi connectivity index (χ0) is 18.9. The molecule has 136 valence electrons. The summed E-state index contributed by atoms with van der Waals surface area (Å²) in [6.45, 7) is 2.68. The Bertz CT molecular complexity index is 810. The minimum atomic E-state index is -0.493. The van der Waals surface area contributed by atoms with Gasteiger partial charge in [-0.05, 0) is 61.6 Å². The summed E-state index contributed by atoms with van der Waals surface area (Å²) in [6, 6.07) is 11.6. The molecular weight excluding hydrogens is 374 g/mol. The molecule has 0 saturated carbocycles. The maximum Gasteiger partial charge on any atom is 0.343 e. The molecule has 0 aliphatic rings. The maximum atomic E-state index is 12.2. The monoisotopic (exact) mass is 392 g/mol. The van der Waals surface area contributed by atoms with Crippen LogP contribution in [0.2, 0.25) is 5.02 Å². The number of carbonyl (C=O) groups excluding carboxylic acids is 1. The molecule has 0 bridgehead atoms. The second-order valence-corrected chi connectivity index (χ2v) is 5.92. The topological polar surface area (TPSA) is 73.6 Å². The largest absolute Gasteiger partial charge is 0.493 e. The van der Waals surface area contributed by atoms with E-state index in [4.69, 9.17) is 33.3 Å². The smallest absolute Gasteiger partial charge is 0.343 e. The Morgan fingerprint density at radius 2 is 1.96 bits per heavy atom. The van der Waals surface area contributed by atoms with Gasteiger partial charge in [-0.3, -0.25) is 0 Å². The summed E-state index contributed by atoms with van der Waals surface area (Å²) in [5.74, 6) is 0.255.